The van der Waals surface area contributed by atoms with E-state index in [4.69, 9.17) is 9.47 Å². The van der Waals surface area contributed by atoms with Gasteiger partial charge in [-0.2, -0.15) is 0 Å². The van der Waals surface area contributed by atoms with E-state index in [1.165, 1.54) is 11.8 Å². The number of aliphatic hydroxyl groups is 1. The van der Waals surface area contributed by atoms with E-state index in [9.17, 15) is 14.7 Å². The van der Waals surface area contributed by atoms with Crippen LogP contribution in [0.2, 0.25) is 0 Å². The summed E-state index contributed by atoms with van der Waals surface area (Å²) >= 11 is 1.37. The Hall–Kier alpha value is -2.31. The van der Waals surface area contributed by atoms with Gasteiger partial charge < -0.3 is 14.6 Å². The molecule has 0 saturated carbocycles. The van der Waals surface area contributed by atoms with Crippen molar-refractivity contribution in [3.63, 3.8) is 0 Å². The van der Waals surface area contributed by atoms with Crippen molar-refractivity contribution in [1.82, 2.24) is 0 Å². The van der Waals surface area contributed by atoms with Gasteiger partial charge in [0.1, 0.15) is 6.10 Å². The molecule has 1 N–H and O–H groups in total. The summed E-state index contributed by atoms with van der Waals surface area (Å²) in [7, 11) is 0. The topological polar surface area (TPSA) is 72.8 Å². The first-order valence-corrected chi connectivity index (χ1v) is 10.6. The first-order chi connectivity index (χ1) is 13.8. The molecule has 2 atom stereocenters. The Bertz CT molecular complexity index is 856. The third-order valence-corrected chi connectivity index (χ3v) is 6.27. The van der Waals surface area contributed by atoms with Gasteiger partial charge in [-0.3, -0.25) is 9.59 Å². The molecule has 2 unspecified atom stereocenters. The number of ether oxygens (including phenoxy) is 2. The molecule has 0 radical (unpaired) electrons. The number of hydrogen-bond donors (Lipinski definition) is 1. The predicted octanol–water partition coefficient (Wildman–Crippen LogP) is 4.46. The Morgan fingerprint density at radius 2 is 1.41 bits per heavy atom. The van der Waals surface area contributed by atoms with Gasteiger partial charge in [-0.05, 0) is 44.9 Å². The predicted molar refractivity (Wildman–Crippen MR) is 111 cm³/mol. The maximum atomic E-state index is 13.5. The summed E-state index contributed by atoms with van der Waals surface area (Å²) < 4.78 is 11.0. The minimum absolute atomic E-state index is 0.447. The Labute approximate surface area is 175 Å². The van der Waals surface area contributed by atoms with E-state index in [1.807, 2.05) is 42.5 Å². The molecule has 0 bridgehead atoms. The zero-order valence-corrected chi connectivity index (χ0v) is 17.8. The van der Waals surface area contributed by atoms with Crippen LogP contribution in [0, 0.1) is 5.41 Å². The quantitative estimate of drug-likeness (QED) is 0.575. The second kappa shape index (κ2) is 8.59. The van der Waals surface area contributed by atoms with E-state index in [0.29, 0.717) is 5.56 Å². The highest BCUT2D eigenvalue weighted by atomic mass is 32.2. The highest BCUT2D eigenvalue weighted by Gasteiger charge is 2.64. The third-order valence-electron chi connectivity index (χ3n) is 4.77. The molecule has 5 nitrogen and oxygen atoms in total. The molecule has 1 aliphatic heterocycles. The molecule has 0 aromatic heterocycles. The lowest BCUT2D eigenvalue weighted by atomic mass is 9.73. The zero-order valence-electron chi connectivity index (χ0n) is 17.0. The van der Waals surface area contributed by atoms with Gasteiger partial charge in [-0.15, -0.1) is 11.8 Å². The fraction of sp³-hybridized carbons (Fsp3) is 0.391. The molecule has 0 aliphatic carbocycles. The summed E-state index contributed by atoms with van der Waals surface area (Å²) in [5.41, 5.74) is -0.659. The standard InChI is InChI=1S/C23H26O5S/c1-14(2)27-21(25)23(22(26)28-15(3)4)19(24)17-12-8-9-13-18(17)29-20(23)16-10-6-5-7-11-16/h5-15,19-20,24H,1-4H3. The Kier molecular flexibility index (Phi) is 6.34. The van der Waals surface area contributed by atoms with Gasteiger partial charge in [0.15, 0.2) is 0 Å². The summed E-state index contributed by atoms with van der Waals surface area (Å²) in [6.07, 6.45) is -2.29. The largest absolute Gasteiger partial charge is 0.462 e. The number of rotatable bonds is 5. The average molecular weight is 415 g/mol. The van der Waals surface area contributed by atoms with Gasteiger partial charge in [0.25, 0.3) is 0 Å². The minimum atomic E-state index is -1.92. The first kappa shape index (κ1) is 21.4. The number of carbonyl (C=O) groups excluding carboxylic acids is 2. The van der Waals surface area contributed by atoms with Crippen LogP contribution in [0.5, 0.6) is 0 Å². The van der Waals surface area contributed by atoms with Gasteiger partial charge in [0, 0.05) is 4.90 Å². The van der Waals surface area contributed by atoms with Crippen molar-refractivity contribution in [1.29, 1.82) is 0 Å². The molecule has 3 rings (SSSR count). The minimum Gasteiger partial charge on any atom is -0.462 e. The van der Waals surface area contributed by atoms with Crippen molar-refractivity contribution in [2.24, 2.45) is 5.41 Å². The molecule has 1 aliphatic rings. The van der Waals surface area contributed by atoms with Crippen molar-refractivity contribution >= 4 is 23.7 Å². The number of fused-ring (bicyclic) bond motifs is 1. The second-order valence-corrected chi connectivity index (χ2v) is 8.77. The molecular weight excluding hydrogens is 388 g/mol. The summed E-state index contributed by atoms with van der Waals surface area (Å²) in [4.78, 5) is 27.7. The monoisotopic (exact) mass is 414 g/mol. The van der Waals surface area contributed by atoms with Crippen LogP contribution in [-0.4, -0.2) is 29.3 Å². The van der Waals surface area contributed by atoms with Crippen LogP contribution in [0.3, 0.4) is 0 Å². The maximum Gasteiger partial charge on any atom is 0.328 e. The Balaban J connectivity index is 2.26. The van der Waals surface area contributed by atoms with Crippen LogP contribution in [0.4, 0.5) is 0 Å². The van der Waals surface area contributed by atoms with Crippen molar-refractivity contribution in [2.45, 2.75) is 56.2 Å². The average Bonchev–Trinajstić information content (AvgIpc) is 2.67. The maximum absolute atomic E-state index is 13.5. The number of esters is 2. The van der Waals surface area contributed by atoms with Crippen molar-refractivity contribution in [2.75, 3.05) is 0 Å². The number of thioether (sulfide) groups is 1. The van der Waals surface area contributed by atoms with Crippen LogP contribution in [0.1, 0.15) is 50.2 Å². The molecule has 29 heavy (non-hydrogen) atoms. The second-order valence-electron chi connectivity index (χ2n) is 7.63. The summed E-state index contributed by atoms with van der Waals surface area (Å²) in [6.45, 7) is 6.86. The van der Waals surface area contributed by atoms with Crippen LogP contribution < -0.4 is 0 Å². The van der Waals surface area contributed by atoms with E-state index in [0.717, 1.165) is 10.5 Å². The molecule has 0 amide bonds. The number of hydrogen-bond acceptors (Lipinski definition) is 6. The van der Waals surface area contributed by atoms with E-state index < -0.39 is 40.9 Å². The third kappa shape index (κ3) is 3.91. The van der Waals surface area contributed by atoms with Crippen molar-refractivity contribution in [3.8, 4) is 0 Å². The van der Waals surface area contributed by atoms with Gasteiger partial charge in [-0.1, -0.05) is 48.5 Å². The van der Waals surface area contributed by atoms with Crippen LogP contribution in [0.15, 0.2) is 59.5 Å². The van der Waals surface area contributed by atoms with Crippen molar-refractivity contribution in [3.05, 3.63) is 65.7 Å². The van der Waals surface area contributed by atoms with Crippen molar-refractivity contribution < 1.29 is 24.2 Å². The van der Waals surface area contributed by atoms with Crippen LogP contribution >= 0.6 is 11.8 Å². The lowest BCUT2D eigenvalue weighted by Gasteiger charge is -2.44. The van der Waals surface area contributed by atoms with Gasteiger partial charge in [0.05, 0.1) is 17.5 Å². The van der Waals surface area contributed by atoms with E-state index >= 15 is 0 Å². The fourth-order valence-corrected chi connectivity index (χ4v) is 5.05. The Morgan fingerprint density at radius 3 is 1.97 bits per heavy atom. The van der Waals surface area contributed by atoms with Crippen LogP contribution in [0.25, 0.3) is 0 Å². The highest BCUT2D eigenvalue weighted by Crippen LogP contribution is 2.60. The SMILES string of the molecule is CC(C)OC(=O)C1(C(=O)OC(C)C)C(O)c2ccccc2SC1c1ccccc1. The number of benzene rings is 2. The zero-order chi connectivity index (χ0) is 21.2. The Morgan fingerprint density at radius 1 is 0.897 bits per heavy atom. The molecule has 0 saturated heterocycles. The van der Waals surface area contributed by atoms with E-state index in [-0.39, 0.29) is 0 Å². The molecule has 0 fully saturated rings. The first-order valence-electron chi connectivity index (χ1n) is 9.69. The summed E-state index contributed by atoms with van der Waals surface area (Å²) in [5, 5.41) is 10.8. The highest BCUT2D eigenvalue weighted by molar-refractivity contribution is 7.99. The molecule has 1 heterocycles. The molecule has 6 heteroatoms. The van der Waals surface area contributed by atoms with E-state index in [2.05, 4.69) is 0 Å². The number of aliphatic hydroxyl groups excluding tert-OH is 1. The molecular formula is C23H26O5S. The summed E-state index contributed by atoms with van der Waals surface area (Å²) in [5.74, 6) is -1.55. The molecule has 154 valence electrons. The fourth-order valence-electron chi connectivity index (χ4n) is 3.52. The van der Waals surface area contributed by atoms with Gasteiger partial charge in [0.2, 0.25) is 5.41 Å². The normalized spacial score (nSPS) is 20.2. The lowest BCUT2D eigenvalue weighted by molar-refractivity contribution is -0.187. The van der Waals surface area contributed by atoms with Gasteiger partial charge >= 0.3 is 11.9 Å². The van der Waals surface area contributed by atoms with Gasteiger partial charge in [-0.25, -0.2) is 0 Å². The van der Waals surface area contributed by atoms with E-state index in [1.54, 1.807) is 39.8 Å². The molecule has 2 aromatic rings. The molecule has 2 aromatic carbocycles. The summed E-state index contributed by atoms with van der Waals surface area (Å²) in [6, 6.07) is 16.5. The van der Waals surface area contributed by atoms with Crippen LogP contribution in [-0.2, 0) is 19.1 Å². The smallest absolute Gasteiger partial charge is 0.328 e. The lowest BCUT2D eigenvalue weighted by Crippen LogP contribution is -2.52. The molecule has 0 spiro atoms. The number of carbonyl (C=O) groups is 2.